The second-order valence-electron chi connectivity index (χ2n) is 6.50. The van der Waals surface area contributed by atoms with Crippen LogP contribution in [0.1, 0.15) is 43.5 Å². The van der Waals surface area contributed by atoms with E-state index in [9.17, 15) is 0 Å². The lowest BCUT2D eigenvalue weighted by molar-refractivity contribution is 0.589. The van der Waals surface area contributed by atoms with Crippen molar-refractivity contribution in [3.63, 3.8) is 0 Å². The third kappa shape index (κ3) is 4.12. The summed E-state index contributed by atoms with van der Waals surface area (Å²) >= 11 is 1.76. The molecular weight excluding hydrogens is 274 g/mol. The van der Waals surface area contributed by atoms with Crippen LogP contribution in [-0.4, -0.2) is 6.26 Å². The van der Waals surface area contributed by atoms with Crippen LogP contribution in [0.2, 0.25) is 0 Å². The third-order valence-electron chi connectivity index (χ3n) is 3.81. The third-order valence-corrected chi connectivity index (χ3v) is 4.63. The van der Waals surface area contributed by atoms with Crippen molar-refractivity contribution in [2.45, 2.75) is 43.5 Å². The van der Waals surface area contributed by atoms with Gasteiger partial charge in [0.1, 0.15) is 0 Å². The minimum absolute atomic E-state index is 0.0501. The molecular formula is C19H25NS. The average molecular weight is 299 g/mol. The van der Waals surface area contributed by atoms with Gasteiger partial charge in [-0.15, -0.1) is 11.8 Å². The van der Waals surface area contributed by atoms with Crippen LogP contribution in [0.5, 0.6) is 0 Å². The van der Waals surface area contributed by atoms with E-state index in [-0.39, 0.29) is 11.5 Å². The maximum Gasteiger partial charge on any atom is 0.0346 e. The van der Waals surface area contributed by atoms with Crippen LogP contribution in [0.25, 0.3) is 0 Å². The summed E-state index contributed by atoms with van der Waals surface area (Å²) < 4.78 is 0. The Balaban J connectivity index is 2.14. The van der Waals surface area contributed by atoms with E-state index < -0.39 is 0 Å². The molecule has 0 saturated heterocycles. The molecule has 0 aliphatic rings. The maximum absolute atomic E-state index is 6.41. The first-order valence-electron chi connectivity index (χ1n) is 7.39. The van der Waals surface area contributed by atoms with E-state index in [4.69, 9.17) is 5.73 Å². The van der Waals surface area contributed by atoms with Gasteiger partial charge in [-0.05, 0) is 40.8 Å². The Morgan fingerprint density at radius 1 is 1.00 bits per heavy atom. The zero-order valence-electron chi connectivity index (χ0n) is 13.4. The molecule has 0 amide bonds. The van der Waals surface area contributed by atoms with E-state index in [1.54, 1.807) is 11.8 Å². The molecule has 0 fully saturated rings. The fourth-order valence-corrected chi connectivity index (χ4v) is 3.15. The Kier molecular flexibility index (Phi) is 5.13. The van der Waals surface area contributed by atoms with Crippen LogP contribution in [-0.2, 0) is 11.8 Å². The van der Waals surface area contributed by atoms with Gasteiger partial charge in [-0.2, -0.15) is 0 Å². The Morgan fingerprint density at radius 2 is 1.62 bits per heavy atom. The van der Waals surface area contributed by atoms with Gasteiger partial charge >= 0.3 is 0 Å². The highest BCUT2D eigenvalue weighted by Gasteiger charge is 2.14. The van der Waals surface area contributed by atoms with Gasteiger partial charge in [0.15, 0.2) is 0 Å². The monoisotopic (exact) mass is 299 g/mol. The van der Waals surface area contributed by atoms with Crippen molar-refractivity contribution >= 4 is 11.8 Å². The normalized spacial score (nSPS) is 13.2. The molecule has 0 radical (unpaired) electrons. The number of nitrogens with two attached hydrogens (primary N) is 1. The Labute approximate surface area is 133 Å². The highest BCUT2D eigenvalue weighted by molar-refractivity contribution is 7.98. The molecule has 0 aromatic heterocycles. The van der Waals surface area contributed by atoms with Crippen LogP contribution in [0.4, 0.5) is 0 Å². The molecule has 0 saturated carbocycles. The number of thioether (sulfide) groups is 1. The van der Waals surface area contributed by atoms with E-state index >= 15 is 0 Å². The highest BCUT2D eigenvalue weighted by Crippen LogP contribution is 2.27. The maximum atomic E-state index is 6.41. The zero-order valence-corrected chi connectivity index (χ0v) is 14.2. The molecule has 0 aliphatic carbocycles. The first-order chi connectivity index (χ1) is 9.91. The molecule has 1 atom stereocenters. The molecule has 2 aromatic rings. The molecule has 2 rings (SSSR count). The van der Waals surface area contributed by atoms with Crippen LogP contribution in [0.15, 0.2) is 53.4 Å². The summed E-state index contributed by atoms with van der Waals surface area (Å²) in [7, 11) is 0. The van der Waals surface area contributed by atoms with Gasteiger partial charge < -0.3 is 5.73 Å². The first kappa shape index (κ1) is 16.1. The molecule has 2 N–H and O–H groups in total. The van der Waals surface area contributed by atoms with Crippen LogP contribution < -0.4 is 5.73 Å². The molecule has 2 heteroatoms. The minimum atomic E-state index is 0.0501. The second-order valence-corrected chi connectivity index (χ2v) is 7.35. The van der Waals surface area contributed by atoms with E-state index in [0.717, 1.165) is 6.42 Å². The van der Waals surface area contributed by atoms with Gasteiger partial charge in [0.05, 0.1) is 0 Å². The van der Waals surface area contributed by atoms with Crippen molar-refractivity contribution in [2.24, 2.45) is 5.73 Å². The molecule has 112 valence electrons. The smallest absolute Gasteiger partial charge is 0.0346 e. The number of rotatable bonds is 4. The van der Waals surface area contributed by atoms with Gasteiger partial charge in [-0.1, -0.05) is 63.2 Å². The minimum Gasteiger partial charge on any atom is -0.324 e. The largest absolute Gasteiger partial charge is 0.324 e. The van der Waals surface area contributed by atoms with E-state index in [1.807, 2.05) is 0 Å². The molecule has 21 heavy (non-hydrogen) atoms. The zero-order chi connectivity index (χ0) is 15.5. The predicted molar refractivity (Wildman–Crippen MR) is 94.0 cm³/mol. The van der Waals surface area contributed by atoms with Crippen LogP contribution in [0.3, 0.4) is 0 Å². The van der Waals surface area contributed by atoms with Crippen molar-refractivity contribution < 1.29 is 0 Å². The molecule has 0 spiro atoms. The van der Waals surface area contributed by atoms with Crippen molar-refractivity contribution in [1.82, 2.24) is 0 Å². The summed E-state index contributed by atoms with van der Waals surface area (Å²) in [5, 5.41) is 0. The second kappa shape index (κ2) is 6.67. The Bertz CT molecular complexity index is 581. The van der Waals surface area contributed by atoms with Gasteiger partial charge in [0, 0.05) is 10.9 Å². The van der Waals surface area contributed by atoms with Gasteiger partial charge in [0.25, 0.3) is 0 Å². The van der Waals surface area contributed by atoms with Crippen LogP contribution in [0, 0.1) is 0 Å². The molecule has 1 unspecified atom stereocenters. The Hall–Kier alpha value is -1.25. The lowest BCUT2D eigenvalue weighted by Gasteiger charge is -2.20. The highest BCUT2D eigenvalue weighted by atomic mass is 32.2. The fraction of sp³-hybridized carbons (Fsp3) is 0.368. The van der Waals surface area contributed by atoms with E-state index in [1.165, 1.54) is 21.6 Å². The van der Waals surface area contributed by atoms with E-state index in [0.29, 0.717) is 0 Å². The number of hydrogen-bond donors (Lipinski definition) is 1. The molecule has 2 aromatic carbocycles. The fourth-order valence-electron chi connectivity index (χ4n) is 2.48. The molecule has 1 nitrogen and oxygen atoms in total. The SMILES string of the molecule is CSc1ccccc1C(N)Cc1ccc(C(C)(C)C)cc1. The quantitative estimate of drug-likeness (QED) is 0.808. The summed E-state index contributed by atoms with van der Waals surface area (Å²) in [6.07, 6.45) is 2.98. The van der Waals surface area contributed by atoms with Crippen LogP contribution >= 0.6 is 11.8 Å². The predicted octanol–water partition coefficient (Wildman–Crippen LogP) is 4.95. The summed E-state index contributed by atoms with van der Waals surface area (Å²) in [4.78, 5) is 1.27. The number of hydrogen-bond acceptors (Lipinski definition) is 2. The first-order valence-corrected chi connectivity index (χ1v) is 8.62. The van der Waals surface area contributed by atoms with Crippen molar-refractivity contribution in [3.8, 4) is 0 Å². The molecule has 0 aliphatic heterocycles. The Morgan fingerprint density at radius 3 is 2.19 bits per heavy atom. The lowest BCUT2D eigenvalue weighted by atomic mass is 9.86. The summed E-state index contributed by atoms with van der Waals surface area (Å²) in [6.45, 7) is 6.72. The van der Waals surface area contributed by atoms with Crippen molar-refractivity contribution in [1.29, 1.82) is 0 Å². The lowest BCUT2D eigenvalue weighted by Crippen LogP contribution is -2.15. The van der Waals surface area contributed by atoms with Gasteiger partial charge in [-0.25, -0.2) is 0 Å². The topological polar surface area (TPSA) is 26.0 Å². The summed E-state index contributed by atoms with van der Waals surface area (Å²) in [6, 6.07) is 17.3. The number of benzene rings is 2. The molecule has 0 heterocycles. The summed E-state index contributed by atoms with van der Waals surface area (Å²) in [5.41, 5.74) is 10.5. The van der Waals surface area contributed by atoms with Crippen molar-refractivity contribution in [2.75, 3.05) is 6.26 Å². The van der Waals surface area contributed by atoms with E-state index in [2.05, 4.69) is 75.6 Å². The van der Waals surface area contributed by atoms with Crippen molar-refractivity contribution in [3.05, 3.63) is 65.2 Å². The van der Waals surface area contributed by atoms with Gasteiger partial charge in [0.2, 0.25) is 0 Å². The molecule has 0 bridgehead atoms. The summed E-state index contributed by atoms with van der Waals surface area (Å²) in [5.74, 6) is 0. The average Bonchev–Trinajstić information content (AvgIpc) is 2.46. The van der Waals surface area contributed by atoms with Gasteiger partial charge in [-0.3, -0.25) is 0 Å². The standard InChI is InChI=1S/C19H25NS/c1-19(2,3)15-11-9-14(10-12-15)13-17(20)16-7-5-6-8-18(16)21-4/h5-12,17H,13,20H2,1-4H3.